The van der Waals surface area contributed by atoms with Gasteiger partial charge in [0.05, 0.1) is 22.5 Å². The van der Waals surface area contributed by atoms with E-state index in [1.54, 1.807) is 59.7 Å². The summed E-state index contributed by atoms with van der Waals surface area (Å²) in [5, 5.41) is 48.2. The largest absolute Gasteiger partial charge is 0.480 e. The van der Waals surface area contributed by atoms with Crippen molar-refractivity contribution in [2.75, 3.05) is 38.1 Å². The molecular weight excluding hydrogens is 1420 g/mol. The molecule has 8 amide bonds. The average molecular weight is 1560 g/mol. The summed E-state index contributed by atoms with van der Waals surface area (Å²) in [7, 11) is 0. The smallest absolute Gasteiger partial charge is 0.408 e. The number of hydrogen-bond acceptors (Lipinski definition) is 15. The van der Waals surface area contributed by atoms with Crippen molar-refractivity contribution in [2.45, 2.75) is 268 Å². The molecule has 26 nitrogen and oxygen atoms in total. The molecule has 0 unspecified atom stereocenters. The van der Waals surface area contributed by atoms with Crippen LogP contribution >= 0.6 is 23.2 Å². The zero-order valence-electron chi connectivity index (χ0n) is 68.1. The van der Waals surface area contributed by atoms with Crippen molar-refractivity contribution in [3.8, 4) is 0 Å². The second-order valence-corrected chi connectivity index (χ2v) is 32.4. The number of hydrogen-bond donors (Lipinski definition) is 13. The number of carboxylic acid groups (broad SMARTS) is 3. The number of carboxylic acids is 3. The number of carbonyl (C=O) groups is 11. The highest BCUT2D eigenvalue weighted by Gasteiger charge is 2.29. The summed E-state index contributed by atoms with van der Waals surface area (Å²) in [5.74, 6) is -1.27. The van der Waals surface area contributed by atoms with Crippen molar-refractivity contribution in [1.82, 2.24) is 42.5 Å². The number of amides is 8. The first-order valence-electron chi connectivity index (χ1n) is 36.3. The molecule has 0 aliphatic heterocycles. The van der Waals surface area contributed by atoms with Crippen LogP contribution in [-0.2, 0) is 33.4 Å². The fraction of sp³-hybridized carbons (Fsp3) is 0.709. The van der Waals surface area contributed by atoms with Gasteiger partial charge in [-0.15, -0.1) is 23.2 Å². The SMILES string of the molecule is C.C.CC(C)CN.CC(C)CNC(=O)[C@@H](N)CC(C)C.CC(C)CNC(=O)[C@H](CC(C)C)NC(=O)OC(C)(C)C.CC(C)CNC(=O)[C@H](CC(C)C)NC(=O)c1cccc(C(=O)N[C@@H](CC(C)C)C(=O)NCC(C)C)c1.CC(C)C[C@H](NC(=O)OC(C)(C)C)C(=O)O.ClCCl.O=C(O)c1cccc(C(=O)O)c1. The quantitative estimate of drug-likeness (QED) is 0.0303. The number of nitrogens with one attached hydrogen (secondary N) is 8. The Labute approximate surface area is 653 Å². The number of benzene rings is 2. The standard InChI is InChI=1S/C28H46N4O4.C15H30N2O3.C11H21NO4.C10H22N2O.C8H6O4.C4H11N.CH2Cl2.2CH4/c1-17(2)12-23(27(35)29-15-19(5)6)31-25(33)21-10-9-11-22(14-21)26(34)32-24(13-18(3)4)28(36)30-16-20(7)8;1-10(2)8-12(13(18)16-9-11(3)4)17-14(19)20-15(5,6)7;1-7(2)6-8(9(13)14)12-10(15)16-11(3,4)5;1-7(2)5-9(11)10(13)12-6-8(3)4;9-7(10)5-2-1-3-6(4-5)8(11)12;1-4(2)3-5;2-1-3;;/h9-11,14,17-20,23-24H,12-13,15-16H2,1-8H3,(H,29,35)(H,30,36)(H,31,33)(H,32,34);10-12H,8-9H2,1-7H3,(H,16,18)(H,17,19);7-8H,6H2,1-5H3,(H,12,15)(H,13,14);7-9H,5-6,11H2,1-4H3,(H,12,13);1-4H,(H,9,10)(H,11,12);4H,3,5H2,1-2H3;1H2;2*1H4/t23-,24-;12-;8-;9-;;;;;/m0000...../s1. The average Bonchev–Trinajstić information content (AvgIpc) is 0.848. The van der Waals surface area contributed by atoms with Crippen LogP contribution in [0.2, 0.25) is 0 Å². The predicted molar refractivity (Wildman–Crippen MR) is 434 cm³/mol. The third kappa shape index (κ3) is 67.8. The highest BCUT2D eigenvalue weighted by molar-refractivity contribution is 6.40. The van der Waals surface area contributed by atoms with Crippen LogP contribution in [0.15, 0.2) is 48.5 Å². The lowest BCUT2D eigenvalue weighted by atomic mass is 10.0. The van der Waals surface area contributed by atoms with E-state index in [4.69, 9.17) is 59.5 Å². The van der Waals surface area contributed by atoms with Crippen molar-refractivity contribution >= 4 is 88.7 Å². The van der Waals surface area contributed by atoms with E-state index in [-0.39, 0.29) is 89.9 Å². The Balaban J connectivity index is -0.000000241. The van der Waals surface area contributed by atoms with Gasteiger partial charge in [0, 0.05) is 37.3 Å². The first-order valence-corrected chi connectivity index (χ1v) is 37.4. The topological polar surface area (TPSA) is 415 Å². The number of carbonyl (C=O) groups excluding carboxylic acids is 8. The van der Waals surface area contributed by atoms with Gasteiger partial charge in [0.25, 0.3) is 11.8 Å². The van der Waals surface area contributed by atoms with Gasteiger partial charge < -0.3 is 78.8 Å². The van der Waals surface area contributed by atoms with Crippen LogP contribution in [-0.4, -0.2) is 160 Å². The maximum atomic E-state index is 13.0. The van der Waals surface area contributed by atoms with Crippen LogP contribution in [0.25, 0.3) is 0 Å². The molecule has 622 valence electrons. The van der Waals surface area contributed by atoms with E-state index in [2.05, 4.69) is 84.1 Å². The molecule has 0 radical (unpaired) electrons. The highest BCUT2D eigenvalue weighted by Crippen LogP contribution is 2.15. The molecule has 15 N–H and O–H groups in total. The van der Waals surface area contributed by atoms with Crippen LogP contribution in [0.5, 0.6) is 0 Å². The fourth-order valence-corrected chi connectivity index (χ4v) is 8.11. The van der Waals surface area contributed by atoms with E-state index in [0.717, 1.165) is 19.0 Å². The van der Waals surface area contributed by atoms with Gasteiger partial charge in [0.2, 0.25) is 23.6 Å². The lowest BCUT2D eigenvalue weighted by Crippen LogP contribution is -2.49. The van der Waals surface area contributed by atoms with Crippen molar-refractivity contribution in [3.63, 3.8) is 0 Å². The predicted octanol–water partition coefficient (Wildman–Crippen LogP) is 13.7. The number of nitrogens with two attached hydrogens (primary N) is 2. The summed E-state index contributed by atoms with van der Waals surface area (Å²) in [4.78, 5) is 130. The first-order chi connectivity index (χ1) is 48.1. The summed E-state index contributed by atoms with van der Waals surface area (Å²) in [6.45, 7) is 54.1. The summed E-state index contributed by atoms with van der Waals surface area (Å²) < 4.78 is 10.2. The van der Waals surface area contributed by atoms with Gasteiger partial charge >= 0.3 is 30.1 Å². The summed E-state index contributed by atoms with van der Waals surface area (Å²) in [5.41, 5.74) is 10.2. The number of aromatic carboxylic acids is 2. The zero-order valence-corrected chi connectivity index (χ0v) is 69.6. The minimum Gasteiger partial charge on any atom is -0.480 e. The Morgan fingerprint density at radius 1 is 0.383 bits per heavy atom. The number of alkyl halides is 2. The fourth-order valence-electron chi connectivity index (χ4n) is 8.11. The number of aliphatic carboxylic acids is 1. The third-order valence-electron chi connectivity index (χ3n) is 13.1. The van der Waals surface area contributed by atoms with Gasteiger partial charge in [0.15, 0.2) is 0 Å². The van der Waals surface area contributed by atoms with Crippen LogP contribution in [0, 0.1) is 59.2 Å². The van der Waals surface area contributed by atoms with Crippen LogP contribution in [0.3, 0.4) is 0 Å². The molecule has 5 atom stereocenters. The van der Waals surface area contributed by atoms with Gasteiger partial charge in [-0.05, 0) is 176 Å². The molecule has 0 heterocycles. The lowest BCUT2D eigenvalue weighted by Gasteiger charge is -2.24. The van der Waals surface area contributed by atoms with Gasteiger partial charge in [-0.3, -0.25) is 28.8 Å². The van der Waals surface area contributed by atoms with Crippen LogP contribution in [0.1, 0.15) is 268 Å². The molecule has 0 aliphatic rings. The normalized spacial score (nSPS) is 12.1. The van der Waals surface area contributed by atoms with Gasteiger partial charge in [0.1, 0.15) is 35.4 Å². The molecule has 0 spiro atoms. The highest BCUT2D eigenvalue weighted by atomic mass is 35.5. The van der Waals surface area contributed by atoms with E-state index >= 15 is 0 Å². The molecule has 0 bridgehead atoms. The lowest BCUT2D eigenvalue weighted by molar-refractivity contribution is -0.140. The van der Waals surface area contributed by atoms with Gasteiger partial charge in [-0.1, -0.05) is 165 Å². The first kappa shape index (κ1) is 113. The minimum atomic E-state index is -1.13. The molecule has 0 fully saturated rings. The molecule has 0 saturated carbocycles. The Kier molecular flexibility index (Phi) is 65.1. The number of rotatable bonds is 32. The molecule has 2 aromatic carbocycles. The van der Waals surface area contributed by atoms with E-state index in [1.807, 2.05) is 96.9 Å². The van der Waals surface area contributed by atoms with E-state index < -0.39 is 77.3 Å². The summed E-state index contributed by atoms with van der Waals surface area (Å²) in [6, 6.07) is 8.37. The molecule has 2 aromatic rings. The van der Waals surface area contributed by atoms with E-state index in [1.165, 1.54) is 24.3 Å². The number of halogens is 2. The second kappa shape index (κ2) is 61.6. The van der Waals surface area contributed by atoms with Crippen molar-refractivity contribution < 1.29 is 77.5 Å². The maximum absolute atomic E-state index is 13.0. The van der Waals surface area contributed by atoms with Gasteiger partial charge in [-0.2, -0.15) is 0 Å². The van der Waals surface area contributed by atoms with Crippen molar-refractivity contribution in [3.05, 3.63) is 70.8 Å². The van der Waals surface area contributed by atoms with Crippen LogP contribution < -0.4 is 54.0 Å². The van der Waals surface area contributed by atoms with Crippen LogP contribution in [0.4, 0.5) is 9.59 Å². The van der Waals surface area contributed by atoms with Crippen molar-refractivity contribution in [1.29, 1.82) is 0 Å². The zero-order chi connectivity index (χ0) is 82.8. The minimum absolute atomic E-state index is 0. The Bertz CT molecular complexity index is 2740. The molecule has 0 aromatic heterocycles. The number of alkyl carbamates (subject to hydrolysis) is 2. The summed E-state index contributed by atoms with van der Waals surface area (Å²) >= 11 is 9.53. The van der Waals surface area contributed by atoms with Crippen molar-refractivity contribution in [2.24, 2.45) is 70.6 Å². The monoisotopic (exact) mass is 1560 g/mol. The van der Waals surface area contributed by atoms with E-state index in [9.17, 15) is 52.7 Å². The second-order valence-electron chi connectivity index (χ2n) is 31.6. The van der Waals surface area contributed by atoms with Gasteiger partial charge in [-0.25, -0.2) is 24.0 Å². The third-order valence-corrected chi connectivity index (χ3v) is 13.1. The Morgan fingerprint density at radius 3 is 0.850 bits per heavy atom. The Hall–Kier alpha value is -7.29. The molecule has 107 heavy (non-hydrogen) atoms. The number of ether oxygens (including phenoxy) is 2. The molecule has 2 rings (SSSR count). The summed E-state index contributed by atoms with van der Waals surface area (Å²) in [6.07, 6.45) is 1.47. The molecule has 0 aliphatic carbocycles. The molecule has 0 saturated heterocycles. The Morgan fingerprint density at radius 2 is 0.617 bits per heavy atom. The molecular formula is C79H146Cl2N10O16. The maximum Gasteiger partial charge on any atom is 0.408 e. The molecule has 28 heteroatoms. The van der Waals surface area contributed by atoms with E-state index in [0.29, 0.717) is 93.3 Å².